The van der Waals surface area contributed by atoms with Gasteiger partial charge in [0, 0.05) is 0 Å². The molecule has 2 nitrogen and oxygen atoms in total. The molecule has 0 amide bonds. The van der Waals surface area contributed by atoms with Gasteiger partial charge >= 0.3 is 10.0 Å². The molecule has 0 fully saturated rings. The molecule has 0 rings (SSSR count). The Balaban J connectivity index is 3.42. The molecule has 10 heavy (non-hydrogen) atoms. The summed E-state index contributed by atoms with van der Waals surface area (Å²) in [5, 5.41) is 0. The Morgan fingerprint density at radius 2 is 2.20 bits per heavy atom. The molecule has 0 unspecified atom stereocenters. The van der Waals surface area contributed by atoms with E-state index in [2.05, 4.69) is 12.6 Å². The van der Waals surface area contributed by atoms with E-state index in [9.17, 15) is 0 Å². The van der Waals surface area contributed by atoms with Crippen molar-refractivity contribution in [3.8, 4) is 0 Å². The van der Waals surface area contributed by atoms with Crippen LogP contribution in [0.2, 0.25) is 0 Å². The molecule has 0 aliphatic rings. The van der Waals surface area contributed by atoms with Crippen molar-refractivity contribution in [3.63, 3.8) is 0 Å². The van der Waals surface area contributed by atoms with Gasteiger partial charge in [0.2, 0.25) is 0 Å². The largest absolute Gasteiger partial charge is 0.430 e. The summed E-state index contributed by atoms with van der Waals surface area (Å²) in [4.78, 5) is 8.49. The Kier molecular flexibility index (Phi) is 5.43. The van der Waals surface area contributed by atoms with Crippen molar-refractivity contribution in [1.29, 1.82) is 0 Å². The molecular formula is C6H14O2SSi. The van der Waals surface area contributed by atoms with Crippen molar-refractivity contribution in [2.45, 2.75) is 32.3 Å². The summed E-state index contributed by atoms with van der Waals surface area (Å²) >= 11 is 4.08. The zero-order valence-corrected chi connectivity index (χ0v) is 8.32. The maximum absolute atomic E-state index is 8.49. The fourth-order valence-corrected chi connectivity index (χ4v) is 1.19. The van der Waals surface area contributed by atoms with Gasteiger partial charge in [-0.25, -0.2) is 0 Å². The Labute approximate surface area is 70.4 Å². The normalized spacial score (nSPS) is 12.0. The van der Waals surface area contributed by atoms with Crippen LogP contribution in [0.25, 0.3) is 0 Å². The third-order valence-corrected chi connectivity index (χ3v) is 2.22. The zero-order chi connectivity index (χ0) is 8.04. The van der Waals surface area contributed by atoms with Crippen LogP contribution in [-0.4, -0.2) is 26.2 Å². The molecule has 0 saturated heterocycles. The Morgan fingerprint density at radius 1 is 1.60 bits per heavy atom. The molecule has 4 heteroatoms. The second kappa shape index (κ2) is 5.18. The summed E-state index contributed by atoms with van der Waals surface area (Å²) in [5.41, 5.74) is -0.185. The molecular weight excluding hydrogens is 164 g/mol. The van der Waals surface area contributed by atoms with Crippen molar-refractivity contribution >= 4 is 22.6 Å². The molecule has 0 aromatic heterocycles. The van der Waals surface area contributed by atoms with E-state index in [4.69, 9.17) is 9.22 Å². The molecule has 0 saturated carbocycles. The molecule has 0 heterocycles. The van der Waals surface area contributed by atoms with E-state index in [1.54, 1.807) is 0 Å². The molecule has 0 aromatic carbocycles. The molecule has 60 valence electrons. The lowest BCUT2D eigenvalue weighted by Crippen LogP contribution is -2.26. The summed E-state index contributed by atoms with van der Waals surface area (Å²) in [6.45, 7) is 3.94. The summed E-state index contributed by atoms with van der Waals surface area (Å²) in [7, 11) is -0.405. The van der Waals surface area contributed by atoms with Crippen LogP contribution in [0, 0.1) is 0 Å². The molecule has 0 atom stereocenters. The zero-order valence-electron chi connectivity index (χ0n) is 6.42. The highest BCUT2D eigenvalue weighted by Crippen LogP contribution is 2.15. The van der Waals surface area contributed by atoms with Crippen LogP contribution in [0.3, 0.4) is 0 Å². The quantitative estimate of drug-likeness (QED) is 0.486. The SMILES string of the molecule is CC(C)(CCCS)O[Si]O. The highest BCUT2D eigenvalue weighted by Gasteiger charge is 2.16. The minimum atomic E-state index is -0.405. The summed E-state index contributed by atoms with van der Waals surface area (Å²) in [5.74, 6) is 0.876. The topological polar surface area (TPSA) is 29.5 Å². The van der Waals surface area contributed by atoms with Gasteiger partial charge in [0.15, 0.2) is 0 Å². The Bertz CT molecular complexity index is 87.8. The van der Waals surface area contributed by atoms with E-state index in [0.717, 1.165) is 18.6 Å². The van der Waals surface area contributed by atoms with E-state index in [1.807, 2.05) is 13.8 Å². The van der Waals surface area contributed by atoms with Gasteiger partial charge in [0.25, 0.3) is 0 Å². The Morgan fingerprint density at radius 3 is 2.60 bits per heavy atom. The first-order valence-electron chi connectivity index (χ1n) is 3.30. The van der Waals surface area contributed by atoms with Crippen LogP contribution in [0.15, 0.2) is 0 Å². The standard InChI is InChI=1S/C6H14O2SSi/c1-6(2,8-10-7)4-3-5-9/h7,9H,3-5H2,1-2H3. The Hall–Kier alpha value is 0.487. The minimum Gasteiger partial charge on any atom is -0.409 e. The molecule has 0 aliphatic carbocycles. The van der Waals surface area contributed by atoms with Crippen LogP contribution in [0.4, 0.5) is 0 Å². The molecule has 1 N–H and O–H groups in total. The van der Waals surface area contributed by atoms with E-state index >= 15 is 0 Å². The average Bonchev–Trinajstić information content (AvgIpc) is 1.84. The van der Waals surface area contributed by atoms with Crippen LogP contribution >= 0.6 is 12.6 Å². The number of thiol groups is 1. The second-order valence-electron chi connectivity index (χ2n) is 2.78. The lowest BCUT2D eigenvalue weighted by atomic mass is 10.0. The molecule has 0 aromatic rings. The first-order valence-corrected chi connectivity index (χ1v) is 4.79. The maximum atomic E-state index is 8.49. The van der Waals surface area contributed by atoms with Crippen LogP contribution in [0.5, 0.6) is 0 Å². The second-order valence-corrected chi connectivity index (χ2v) is 3.61. The lowest BCUT2D eigenvalue weighted by molar-refractivity contribution is 0.0858. The highest BCUT2D eigenvalue weighted by molar-refractivity contribution is 7.80. The van der Waals surface area contributed by atoms with Crippen molar-refractivity contribution in [2.75, 3.05) is 5.75 Å². The number of hydrogen-bond donors (Lipinski definition) is 2. The average molecular weight is 178 g/mol. The van der Waals surface area contributed by atoms with Gasteiger partial charge in [-0.1, -0.05) is 0 Å². The first-order chi connectivity index (χ1) is 4.62. The van der Waals surface area contributed by atoms with E-state index in [-0.39, 0.29) is 5.60 Å². The number of hydrogen-bond acceptors (Lipinski definition) is 3. The van der Waals surface area contributed by atoms with Crippen LogP contribution in [0.1, 0.15) is 26.7 Å². The van der Waals surface area contributed by atoms with Gasteiger partial charge < -0.3 is 9.22 Å². The predicted molar refractivity (Wildman–Crippen MR) is 46.2 cm³/mol. The van der Waals surface area contributed by atoms with Crippen molar-refractivity contribution in [1.82, 2.24) is 0 Å². The van der Waals surface area contributed by atoms with E-state index in [0.29, 0.717) is 0 Å². The van der Waals surface area contributed by atoms with Crippen molar-refractivity contribution in [2.24, 2.45) is 0 Å². The third kappa shape index (κ3) is 5.29. The van der Waals surface area contributed by atoms with Crippen LogP contribution in [-0.2, 0) is 4.43 Å². The molecule has 0 spiro atoms. The van der Waals surface area contributed by atoms with Gasteiger partial charge in [-0.15, -0.1) is 0 Å². The maximum Gasteiger partial charge on any atom is 0.430 e. The first kappa shape index (κ1) is 10.5. The van der Waals surface area contributed by atoms with Gasteiger partial charge in [-0.2, -0.15) is 12.6 Å². The fraction of sp³-hybridized carbons (Fsp3) is 1.00. The summed E-state index contributed by atoms with van der Waals surface area (Å²) < 4.78 is 5.08. The summed E-state index contributed by atoms with van der Waals surface area (Å²) in [6.07, 6.45) is 1.98. The monoisotopic (exact) mass is 178 g/mol. The van der Waals surface area contributed by atoms with Crippen LogP contribution < -0.4 is 0 Å². The fourth-order valence-electron chi connectivity index (χ4n) is 0.679. The van der Waals surface area contributed by atoms with Gasteiger partial charge in [0.05, 0.1) is 5.60 Å². The van der Waals surface area contributed by atoms with Crippen molar-refractivity contribution < 1.29 is 9.22 Å². The van der Waals surface area contributed by atoms with Gasteiger partial charge in [0.1, 0.15) is 0 Å². The van der Waals surface area contributed by atoms with Gasteiger partial charge in [-0.3, -0.25) is 0 Å². The molecule has 2 radical (unpaired) electrons. The van der Waals surface area contributed by atoms with E-state index in [1.165, 1.54) is 0 Å². The predicted octanol–water partition coefficient (Wildman–Crippen LogP) is 1.02. The lowest BCUT2D eigenvalue weighted by Gasteiger charge is -2.23. The molecule has 0 aliphatic heterocycles. The van der Waals surface area contributed by atoms with E-state index < -0.39 is 10.0 Å². The third-order valence-electron chi connectivity index (χ3n) is 1.26. The smallest absolute Gasteiger partial charge is 0.409 e. The van der Waals surface area contributed by atoms with Crippen molar-refractivity contribution in [3.05, 3.63) is 0 Å². The minimum absolute atomic E-state index is 0.185. The highest BCUT2D eigenvalue weighted by atomic mass is 32.1. The summed E-state index contributed by atoms with van der Waals surface area (Å²) in [6, 6.07) is 0. The van der Waals surface area contributed by atoms with Gasteiger partial charge in [-0.05, 0) is 32.4 Å². The molecule has 0 bridgehead atoms. The number of rotatable bonds is 5.